The highest BCUT2D eigenvalue weighted by molar-refractivity contribution is 5.67. The minimum atomic E-state index is -0.509. The molecule has 0 fully saturated rings. The molecule has 0 bridgehead atoms. The first-order valence-electron chi connectivity index (χ1n) is 19.7. The molecule has 0 unspecified atom stereocenters. The Morgan fingerprint density at radius 3 is 0.922 bits per heavy atom. The van der Waals surface area contributed by atoms with Crippen molar-refractivity contribution in [1.29, 1.82) is 0 Å². The third-order valence-electron chi connectivity index (χ3n) is 7.15. The number of hydrogen-bond donors (Lipinski definition) is 1. The summed E-state index contributed by atoms with van der Waals surface area (Å²) in [6.45, 7) is 18.7. The maximum absolute atomic E-state index is 11.5. The number of carbonyl (C=O) groups excluding carboxylic acids is 1. The van der Waals surface area contributed by atoms with Crippen molar-refractivity contribution >= 4 is 6.09 Å². The Hall–Kier alpha value is -1.13. The van der Waals surface area contributed by atoms with Crippen LogP contribution in [0.4, 0.5) is 4.79 Å². The third-order valence-corrected chi connectivity index (χ3v) is 7.15. The molecule has 0 aromatic heterocycles. The molecule has 13 nitrogen and oxygen atoms in total. The van der Waals surface area contributed by atoms with Crippen LogP contribution in [-0.4, -0.2) is 150 Å². The van der Waals surface area contributed by atoms with Crippen LogP contribution in [-0.2, 0) is 52.1 Å². The summed E-state index contributed by atoms with van der Waals surface area (Å²) in [7, 11) is 0. The van der Waals surface area contributed by atoms with Crippen LogP contribution in [0.1, 0.15) is 98.3 Å². The molecule has 1 amide bonds. The lowest BCUT2D eigenvalue weighted by atomic mass is 10.1. The van der Waals surface area contributed by atoms with Gasteiger partial charge in [-0.2, -0.15) is 0 Å². The van der Waals surface area contributed by atoms with E-state index in [1.165, 1.54) is 64.2 Å². The molecule has 0 aliphatic heterocycles. The van der Waals surface area contributed by atoms with Gasteiger partial charge in [-0.05, 0) is 27.2 Å². The van der Waals surface area contributed by atoms with Crippen molar-refractivity contribution in [1.82, 2.24) is 5.32 Å². The Morgan fingerprint density at radius 1 is 0.373 bits per heavy atom. The van der Waals surface area contributed by atoms with E-state index < -0.39 is 11.7 Å². The normalized spacial score (nSPS) is 11.8. The van der Waals surface area contributed by atoms with Crippen LogP contribution in [0.3, 0.4) is 0 Å². The number of rotatable bonds is 42. The number of alkyl carbamates (subject to hydrolysis) is 1. The minimum Gasteiger partial charge on any atom is -0.444 e. The zero-order valence-electron chi connectivity index (χ0n) is 33.0. The van der Waals surface area contributed by atoms with E-state index in [0.29, 0.717) is 132 Å². The summed E-state index contributed by atoms with van der Waals surface area (Å²) in [5.74, 6) is 0. The second-order valence-electron chi connectivity index (χ2n) is 13.1. The van der Waals surface area contributed by atoms with Crippen molar-refractivity contribution in [3.05, 3.63) is 0 Å². The average molecular weight is 740 g/mol. The van der Waals surface area contributed by atoms with Crippen LogP contribution in [0.5, 0.6) is 0 Å². The maximum Gasteiger partial charge on any atom is 0.407 e. The van der Waals surface area contributed by atoms with Gasteiger partial charge in [-0.25, -0.2) is 4.79 Å². The predicted octanol–water partition coefficient (Wildman–Crippen LogP) is 5.99. The van der Waals surface area contributed by atoms with Gasteiger partial charge in [0.25, 0.3) is 0 Å². The SMILES string of the molecule is CCCCCCCCCCCCCOCCOCCOCCOCCOCCOCCOCCOCCOCCOCCNC(=O)OC(C)(C)C. The molecule has 0 heterocycles. The molecule has 0 aliphatic carbocycles. The third kappa shape index (κ3) is 46.8. The van der Waals surface area contributed by atoms with E-state index in [0.717, 1.165) is 13.0 Å². The van der Waals surface area contributed by atoms with E-state index in [1.54, 1.807) is 0 Å². The first-order chi connectivity index (χ1) is 25.0. The van der Waals surface area contributed by atoms with E-state index >= 15 is 0 Å². The smallest absolute Gasteiger partial charge is 0.407 e. The van der Waals surface area contributed by atoms with Gasteiger partial charge in [0.1, 0.15) is 5.60 Å². The fourth-order valence-corrected chi connectivity index (χ4v) is 4.49. The van der Waals surface area contributed by atoms with Gasteiger partial charge in [-0.15, -0.1) is 0 Å². The first-order valence-corrected chi connectivity index (χ1v) is 19.7. The Morgan fingerprint density at radius 2 is 0.627 bits per heavy atom. The van der Waals surface area contributed by atoms with Crippen molar-refractivity contribution in [3.8, 4) is 0 Å². The van der Waals surface area contributed by atoms with E-state index in [1.807, 2.05) is 20.8 Å². The highest BCUT2D eigenvalue weighted by atomic mass is 16.6. The van der Waals surface area contributed by atoms with Crippen LogP contribution in [0.25, 0.3) is 0 Å². The number of amides is 1. The lowest BCUT2D eigenvalue weighted by molar-refractivity contribution is -0.0264. The van der Waals surface area contributed by atoms with Gasteiger partial charge in [0.05, 0.1) is 126 Å². The number of unbranched alkanes of at least 4 members (excludes halogenated alkanes) is 10. The van der Waals surface area contributed by atoms with Crippen molar-refractivity contribution in [2.75, 3.05) is 139 Å². The molecule has 1 N–H and O–H groups in total. The summed E-state index contributed by atoms with van der Waals surface area (Å²) < 4.78 is 60.2. The highest BCUT2D eigenvalue weighted by Crippen LogP contribution is 2.11. The number of hydrogen-bond acceptors (Lipinski definition) is 12. The standard InChI is InChI=1S/C38H77NO12/c1-5-6-7-8-9-10-11-12-13-14-15-17-41-19-21-43-23-25-45-27-29-47-31-33-49-35-36-50-34-32-48-30-28-46-26-24-44-22-20-42-18-16-39-37(40)51-38(2,3)4/h5-36H2,1-4H3,(H,39,40). The Kier molecular flexibility index (Phi) is 40.7. The Balaban J connectivity index is 3.09. The molecule has 0 aromatic carbocycles. The highest BCUT2D eigenvalue weighted by Gasteiger charge is 2.15. The lowest BCUT2D eigenvalue weighted by Crippen LogP contribution is -2.34. The molecule has 0 rings (SSSR count). The van der Waals surface area contributed by atoms with Crippen molar-refractivity contribution in [3.63, 3.8) is 0 Å². The van der Waals surface area contributed by atoms with Gasteiger partial charge < -0.3 is 57.4 Å². The summed E-state index contributed by atoms with van der Waals surface area (Å²) in [5, 5.41) is 2.63. The van der Waals surface area contributed by atoms with Gasteiger partial charge in [0.2, 0.25) is 0 Å². The number of nitrogens with one attached hydrogen (secondary N) is 1. The molecule has 0 saturated carbocycles. The molecular formula is C38H77NO12. The van der Waals surface area contributed by atoms with E-state index in [2.05, 4.69) is 12.2 Å². The minimum absolute atomic E-state index is 0.386. The van der Waals surface area contributed by atoms with E-state index in [4.69, 9.17) is 52.1 Å². The monoisotopic (exact) mass is 740 g/mol. The van der Waals surface area contributed by atoms with Gasteiger partial charge in [0.15, 0.2) is 0 Å². The van der Waals surface area contributed by atoms with E-state index in [-0.39, 0.29) is 0 Å². The van der Waals surface area contributed by atoms with Crippen molar-refractivity contribution in [2.24, 2.45) is 0 Å². The number of carbonyl (C=O) groups is 1. The largest absolute Gasteiger partial charge is 0.444 e. The molecule has 13 heteroatoms. The second kappa shape index (κ2) is 41.6. The van der Waals surface area contributed by atoms with Crippen LogP contribution in [0.2, 0.25) is 0 Å². The average Bonchev–Trinajstić information content (AvgIpc) is 3.09. The first kappa shape index (κ1) is 49.9. The van der Waals surface area contributed by atoms with Crippen molar-refractivity contribution in [2.45, 2.75) is 104 Å². The van der Waals surface area contributed by atoms with Crippen LogP contribution in [0.15, 0.2) is 0 Å². The van der Waals surface area contributed by atoms with Gasteiger partial charge in [-0.3, -0.25) is 0 Å². The van der Waals surface area contributed by atoms with Crippen LogP contribution >= 0.6 is 0 Å². The van der Waals surface area contributed by atoms with Gasteiger partial charge in [0, 0.05) is 13.2 Å². The quantitative estimate of drug-likeness (QED) is 0.0739. The molecular weight excluding hydrogens is 662 g/mol. The van der Waals surface area contributed by atoms with Crippen molar-refractivity contribution < 1.29 is 56.9 Å². The topological polar surface area (TPSA) is 131 Å². The van der Waals surface area contributed by atoms with Crippen LogP contribution < -0.4 is 5.32 Å². The van der Waals surface area contributed by atoms with Gasteiger partial charge >= 0.3 is 6.09 Å². The molecule has 0 aliphatic rings. The fourth-order valence-electron chi connectivity index (χ4n) is 4.49. The number of ether oxygens (including phenoxy) is 11. The van der Waals surface area contributed by atoms with E-state index in [9.17, 15) is 4.79 Å². The predicted molar refractivity (Wildman–Crippen MR) is 199 cm³/mol. The Bertz CT molecular complexity index is 684. The molecule has 0 spiro atoms. The zero-order valence-corrected chi connectivity index (χ0v) is 33.0. The summed E-state index contributed by atoms with van der Waals surface area (Å²) in [4.78, 5) is 11.5. The van der Waals surface area contributed by atoms with Gasteiger partial charge in [-0.1, -0.05) is 71.1 Å². The molecule has 0 saturated heterocycles. The summed E-state index contributed by atoms with van der Waals surface area (Å²) in [5.41, 5.74) is -0.509. The molecule has 0 atom stereocenters. The zero-order chi connectivity index (χ0) is 37.2. The fraction of sp³-hybridized carbons (Fsp3) is 0.974. The molecule has 306 valence electrons. The summed E-state index contributed by atoms with van der Waals surface area (Å²) >= 11 is 0. The molecule has 0 aromatic rings. The second-order valence-corrected chi connectivity index (χ2v) is 13.1. The molecule has 0 radical (unpaired) electrons. The lowest BCUT2D eigenvalue weighted by Gasteiger charge is -2.19. The Labute approximate surface area is 310 Å². The summed E-state index contributed by atoms with van der Waals surface area (Å²) in [6, 6.07) is 0. The molecule has 51 heavy (non-hydrogen) atoms. The van der Waals surface area contributed by atoms with Crippen LogP contribution in [0, 0.1) is 0 Å². The maximum atomic E-state index is 11.5. The summed E-state index contributed by atoms with van der Waals surface area (Å²) in [6.07, 6.45) is 14.4.